The zero-order valence-electron chi connectivity index (χ0n) is 8.87. The fourth-order valence-electron chi connectivity index (χ4n) is 0.946. The summed E-state index contributed by atoms with van der Waals surface area (Å²) >= 11 is 5.71. The highest BCUT2D eigenvalue weighted by molar-refractivity contribution is 6.30. The molecule has 0 fully saturated rings. The van der Waals surface area contributed by atoms with Gasteiger partial charge in [0.1, 0.15) is 17.0 Å². The maximum absolute atomic E-state index is 11.6. The van der Waals surface area contributed by atoms with Crippen molar-refractivity contribution in [2.24, 2.45) is 0 Å². The molecule has 1 heterocycles. The molecule has 0 saturated carbocycles. The van der Waals surface area contributed by atoms with Crippen LogP contribution in [-0.2, 0) is 4.74 Å². The molecule has 1 rings (SSSR count). The molecule has 0 aromatic carbocycles. The SMILES string of the molecule is CC(C)(C)OC(=O)c1cc(Cl)cnc1N. The van der Waals surface area contributed by atoms with Crippen molar-refractivity contribution in [3.8, 4) is 0 Å². The maximum Gasteiger partial charge on any atom is 0.342 e. The number of hydrogen-bond donors (Lipinski definition) is 1. The Balaban J connectivity index is 2.96. The highest BCUT2D eigenvalue weighted by Crippen LogP contribution is 2.18. The van der Waals surface area contributed by atoms with Crippen LogP contribution in [0.15, 0.2) is 12.3 Å². The second-order valence-electron chi connectivity index (χ2n) is 4.09. The largest absolute Gasteiger partial charge is 0.456 e. The number of aromatic nitrogens is 1. The van der Waals surface area contributed by atoms with Gasteiger partial charge in [-0.3, -0.25) is 0 Å². The lowest BCUT2D eigenvalue weighted by Crippen LogP contribution is -2.24. The van der Waals surface area contributed by atoms with Gasteiger partial charge in [0.25, 0.3) is 0 Å². The number of halogens is 1. The van der Waals surface area contributed by atoms with Crippen molar-refractivity contribution in [3.63, 3.8) is 0 Å². The van der Waals surface area contributed by atoms with E-state index in [2.05, 4.69) is 4.98 Å². The lowest BCUT2D eigenvalue weighted by molar-refractivity contribution is 0.00705. The molecule has 5 heteroatoms. The van der Waals surface area contributed by atoms with E-state index in [1.54, 1.807) is 20.8 Å². The van der Waals surface area contributed by atoms with Crippen LogP contribution in [0.4, 0.5) is 5.82 Å². The van der Waals surface area contributed by atoms with Gasteiger partial charge in [0.05, 0.1) is 5.02 Å². The minimum atomic E-state index is -0.564. The Bertz CT molecular complexity index is 385. The summed E-state index contributed by atoms with van der Waals surface area (Å²) in [6.07, 6.45) is 1.38. The van der Waals surface area contributed by atoms with E-state index in [1.165, 1.54) is 12.3 Å². The van der Waals surface area contributed by atoms with Gasteiger partial charge in [0.15, 0.2) is 0 Å². The molecule has 0 saturated heterocycles. The van der Waals surface area contributed by atoms with Crippen molar-refractivity contribution >= 4 is 23.4 Å². The summed E-state index contributed by atoms with van der Waals surface area (Å²) in [5.74, 6) is -0.399. The third-order valence-corrected chi connectivity index (χ3v) is 1.71. The van der Waals surface area contributed by atoms with Crippen LogP contribution in [0.3, 0.4) is 0 Å². The van der Waals surface area contributed by atoms with Gasteiger partial charge in [-0.1, -0.05) is 11.6 Å². The first-order valence-corrected chi connectivity index (χ1v) is 4.82. The number of nitrogens with zero attached hydrogens (tertiary/aromatic N) is 1. The van der Waals surface area contributed by atoms with Crippen molar-refractivity contribution in [3.05, 3.63) is 22.8 Å². The molecule has 0 amide bonds. The van der Waals surface area contributed by atoms with Crippen molar-refractivity contribution < 1.29 is 9.53 Å². The standard InChI is InChI=1S/C10H13ClN2O2/c1-10(2,3)15-9(14)7-4-6(11)5-13-8(7)12/h4-5H,1-3H3,(H2,12,13). The average Bonchev–Trinajstić information content (AvgIpc) is 2.06. The van der Waals surface area contributed by atoms with Crippen LogP contribution >= 0.6 is 11.6 Å². The molecule has 0 radical (unpaired) electrons. The van der Waals surface area contributed by atoms with Crippen LogP contribution in [0, 0.1) is 0 Å². The Kier molecular flexibility index (Phi) is 3.19. The normalized spacial score (nSPS) is 11.2. The third-order valence-electron chi connectivity index (χ3n) is 1.50. The smallest absolute Gasteiger partial charge is 0.342 e. The highest BCUT2D eigenvalue weighted by atomic mass is 35.5. The molecular weight excluding hydrogens is 216 g/mol. The molecule has 0 atom stereocenters. The fourth-order valence-corrected chi connectivity index (χ4v) is 1.10. The van der Waals surface area contributed by atoms with Crippen LogP contribution in [0.25, 0.3) is 0 Å². The van der Waals surface area contributed by atoms with Crippen LogP contribution in [0.1, 0.15) is 31.1 Å². The van der Waals surface area contributed by atoms with Gasteiger partial charge in [-0.25, -0.2) is 9.78 Å². The number of esters is 1. The maximum atomic E-state index is 11.6. The average molecular weight is 229 g/mol. The van der Waals surface area contributed by atoms with E-state index in [9.17, 15) is 4.79 Å². The molecule has 0 unspecified atom stereocenters. The number of pyridine rings is 1. The first-order valence-electron chi connectivity index (χ1n) is 4.44. The number of carbonyl (C=O) groups excluding carboxylic acids is 1. The monoisotopic (exact) mass is 228 g/mol. The lowest BCUT2D eigenvalue weighted by Gasteiger charge is -2.19. The van der Waals surface area contributed by atoms with Crippen molar-refractivity contribution in [2.75, 3.05) is 5.73 Å². The summed E-state index contributed by atoms with van der Waals surface area (Å²) in [7, 11) is 0. The molecule has 0 aliphatic rings. The first kappa shape index (κ1) is 11.8. The summed E-state index contributed by atoms with van der Waals surface area (Å²) < 4.78 is 5.14. The molecule has 1 aromatic rings. The Morgan fingerprint density at radius 2 is 2.13 bits per heavy atom. The molecule has 2 N–H and O–H groups in total. The predicted octanol–water partition coefficient (Wildman–Crippen LogP) is 2.27. The Labute approximate surface area is 93.4 Å². The molecular formula is C10H13ClN2O2. The number of nitrogen functional groups attached to an aromatic ring is 1. The van der Waals surface area contributed by atoms with E-state index >= 15 is 0 Å². The second-order valence-corrected chi connectivity index (χ2v) is 4.52. The molecule has 1 aromatic heterocycles. The minimum Gasteiger partial charge on any atom is -0.456 e. The lowest BCUT2D eigenvalue weighted by atomic mass is 10.2. The number of carbonyl (C=O) groups is 1. The summed E-state index contributed by atoms with van der Waals surface area (Å²) in [6.45, 7) is 5.33. The van der Waals surface area contributed by atoms with E-state index in [0.29, 0.717) is 5.02 Å². The van der Waals surface area contributed by atoms with E-state index in [1.807, 2.05) is 0 Å². The van der Waals surface area contributed by atoms with Gasteiger partial charge < -0.3 is 10.5 Å². The molecule has 0 aliphatic heterocycles. The Morgan fingerprint density at radius 1 is 1.53 bits per heavy atom. The number of rotatable bonds is 1. The zero-order valence-corrected chi connectivity index (χ0v) is 9.63. The van der Waals surface area contributed by atoms with E-state index < -0.39 is 11.6 Å². The van der Waals surface area contributed by atoms with Gasteiger partial charge in [0.2, 0.25) is 0 Å². The van der Waals surface area contributed by atoms with Crippen LogP contribution in [0.2, 0.25) is 5.02 Å². The van der Waals surface area contributed by atoms with Crippen molar-refractivity contribution in [1.29, 1.82) is 0 Å². The van der Waals surface area contributed by atoms with Crippen LogP contribution < -0.4 is 5.73 Å². The molecule has 0 bridgehead atoms. The quantitative estimate of drug-likeness (QED) is 0.749. The number of anilines is 1. The van der Waals surface area contributed by atoms with Gasteiger partial charge in [-0.15, -0.1) is 0 Å². The van der Waals surface area contributed by atoms with E-state index in [4.69, 9.17) is 22.1 Å². The number of hydrogen-bond acceptors (Lipinski definition) is 4. The zero-order chi connectivity index (χ0) is 11.6. The molecule has 4 nitrogen and oxygen atoms in total. The predicted molar refractivity (Wildman–Crippen MR) is 58.8 cm³/mol. The van der Waals surface area contributed by atoms with Crippen molar-refractivity contribution in [1.82, 2.24) is 4.98 Å². The second kappa shape index (κ2) is 4.06. The van der Waals surface area contributed by atoms with Crippen LogP contribution in [-0.4, -0.2) is 16.6 Å². The Hall–Kier alpha value is -1.29. The summed E-state index contributed by atoms with van der Waals surface area (Å²) in [5.41, 5.74) is 5.17. The number of ether oxygens (including phenoxy) is 1. The van der Waals surface area contributed by atoms with E-state index in [0.717, 1.165) is 0 Å². The highest BCUT2D eigenvalue weighted by Gasteiger charge is 2.20. The van der Waals surface area contributed by atoms with Gasteiger partial charge in [-0.2, -0.15) is 0 Å². The van der Waals surface area contributed by atoms with Gasteiger partial charge >= 0.3 is 5.97 Å². The Morgan fingerprint density at radius 3 is 2.67 bits per heavy atom. The fraction of sp³-hybridized carbons (Fsp3) is 0.400. The van der Waals surface area contributed by atoms with Crippen molar-refractivity contribution in [2.45, 2.75) is 26.4 Å². The van der Waals surface area contributed by atoms with Gasteiger partial charge in [-0.05, 0) is 26.8 Å². The molecule has 15 heavy (non-hydrogen) atoms. The molecule has 0 spiro atoms. The summed E-state index contributed by atoms with van der Waals surface area (Å²) in [5, 5.41) is 0.352. The molecule has 82 valence electrons. The molecule has 0 aliphatic carbocycles. The summed E-state index contributed by atoms with van der Waals surface area (Å²) in [6, 6.07) is 1.44. The topological polar surface area (TPSA) is 65.2 Å². The van der Waals surface area contributed by atoms with E-state index in [-0.39, 0.29) is 11.4 Å². The van der Waals surface area contributed by atoms with Gasteiger partial charge in [0, 0.05) is 6.20 Å². The van der Waals surface area contributed by atoms with Crippen LogP contribution in [0.5, 0.6) is 0 Å². The minimum absolute atomic E-state index is 0.119. The summed E-state index contributed by atoms with van der Waals surface area (Å²) in [4.78, 5) is 15.4. The first-order chi connectivity index (χ1) is 6.79. The third kappa shape index (κ3) is 3.40. The number of nitrogens with two attached hydrogens (primary N) is 1.